The van der Waals surface area contributed by atoms with Gasteiger partial charge in [0.2, 0.25) is 0 Å². The number of hydrogen-bond donors (Lipinski definition) is 0. The highest BCUT2D eigenvalue weighted by Gasteiger charge is 2.04. The van der Waals surface area contributed by atoms with Crippen molar-refractivity contribution in [2.24, 2.45) is 0 Å². The van der Waals surface area contributed by atoms with Crippen LogP contribution in [-0.2, 0) is 0 Å². The van der Waals surface area contributed by atoms with Crippen molar-refractivity contribution in [2.75, 3.05) is 0 Å². The molecule has 0 amide bonds. The van der Waals surface area contributed by atoms with Crippen LogP contribution in [0.4, 0.5) is 0 Å². The van der Waals surface area contributed by atoms with Crippen LogP contribution in [0.1, 0.15) is 0 Å². The third-order valence-electron chi connectivity index (χ3n) is 1.28. The van der Waals surface area contributed by atoms with Gasteiger partial charge in [-0.25, -0.2) is 0 Å². The van der Waals surface area contributed by atoms with E-state index in [4.69, 9.17) is 0 Å². The topological polar surface area (TPSA) is 42.9 Å². The molecule has 3 nitrogen and oxygen atoms in total. The standard InChI is InChI=1S/C7H4N2OS/c10-7-9-5-2-1-3-8-4-6(5)11-7/h1-4H. The highest BCUT2D eigenvalue weighted by atomic mass is 32.1. The van der Waals surface area contributed by atoms with Crippen LogP contribution in [0.3, 0.4) is 0 Å². The van der Waals surface area contributed by atoms with Crippen LogP contribution in [0.25, 0.3) is 10.6 Å². The number of fused-ring (bicyclic) bond motifs is 1. The van der Waals surface area contributed by atoms with Crippen molar-refractivity contribution in [3.05, 3.63) is 34.2 Å². The fourth-order valence-electron chi connectivity index (χ4n) is 0.829. The van der Waals surface area contributed by atoms with Crippen molar-refractivity contribution >= 4 is 11.3 Å². The van der Waals surface area contributed by atoms with Gasteiger partial charge in [0.15, 0.2) is 0 Å². The molecule has 4 heteroatoms. The molecule has 0 radical (unpaired) electrons. The number of hydrogen-bond acceptors (Lipinski definition) is 4. The molecule has 0 saturated carbocycles. The van der Waals surface area contributed by atoms with Crippen LogP contribution >= 0.6 is 11.3 Å². The van der Waals surface area contributed by atoms with Crippen molar-refractivity contribution in [1.29, 1.82) is 0 Å². The second-order valence-electron chi connectivity index (χ2n) is 2.02. The Morgan fingerprint density at radius 2 is 2.36 bits per heavy atom. The maximum atomic E-state index is 10.8. The summed E-state index contributed by atoms with van der Waals surface area (Å²) in [6.45, 7) is 0. The molecule has 0 aromatic heterocycles. The van der Waals surface area contributed by atoms with Gasteiger partial charge >= 0.3 is 4.87 Å². The van der Waals surface area contributed by atoms with Crippen molar-refractivity contribution < 1.29 is 0 Å². The summed E-state index contributed by atoms with van der Waals surface area (Å²) < 4.78 is 0. The van der Waals surface area contributed by atoms with Gasteiger partial charge in [-0.2, -0.15) is 4.98 Å². The van der Waals surface area contributed by atoms with Gasteiger partial charge in [-0.15, -0.1) is 0 Å². The Bertz CT molecular complexity index is 364. The molecule has 0 saturated heterocycles. The molecule has 11 heavy (non-hydrogen) atoms. The number of nitrogens with zero attached hydrogens (tertiary/aromatic N) is 2. The molecule has 0 spiro atoms. The van der Waals surface area contributed by atoms with Crippen LogP contribution in [0, 0.1) is 0 Å². The van der Waals surface area contributed by atoms with Crippen LogP contribution in [0.2, 0.25) is 0 Å². The first-order chi connectivity index (χ1) is 5.36. The zero-order chi connectivity index (χ0) is 7.68. The fraction of sp³-hybridized carbons (Fsp3) is 0. The Hall–Kier alpha value is -1.29. The van der Waals surface area contributed by atoms with Gasteiger partial charge < -0.3 is 0 Å². The summed E-state index contributed by atoms with van der Waals surface area (Å²) in [7, 11) is 0. The lowest BCUT2D eigenvalue weighted by Gasteiger charge is -1.80. The maximum absolute atomic E-state index is 10.8. The molecule has 0 aromatic carbocycles. The second-order valence-corrected chi connectivity index (χ2v) is 3.01. The van der Waals surface area contributed by atoms with Crippen molar-refractivity contribution in [1.82, 2.24) is 9.97 Å². The van der Waals surface area contributed by atoms with E-state index in [1.54, 1.807) is 24.5 Å². The maximum Gasteiger partial charge on any atom is 0.327 e. The highest BCUT2D eigenvalue weighted by Crippen LogP contribution is 2.17. The van der Waals surface area contributed by atoms with E-state index in [1.165, 1.54) is 0 Å². The van der Waals surface area contributed by atoms with E-state index >= 15 is 0 Å². The van der Waals surface area contributed by atoms with Crippen molar-refractivity contribution in [3.63, 3.8) is 0 Å². The van der Waals surface area contributed by atoms with Crippen LogP contribution in [0.15, 0.2) is 29.3 Å². The molecule has 0 aromatic rings. The Morgan fingerprint density at radius 3 is 3.27 bits per heavy atom. The first-order valence-corrected chi connectivity index (χ1v) is 3.89. The molecule has 2 rings (SSSR count). The molecule has 0 atom stereocenters. The summed E-state index contributed by atoms with van der Waals surface area (Å²) in [5, 5.41) is 0. The molecule has 2 aliphatic rings. The highest BCUT2D eigenvalue weighted by molar-refractivity contribution is 7.13. The predicted octanol–water partition coefficient (Wildman–Crippen LogP) is 1.00. The van der Waals surface area contributed by atoms with E-state index in [0.717, 1.165) is 21.9 Å². The zero-order valence-corrected chi connectivity index (χ0v) is 6.34. The lowest BCUT2D eigenvalue weighted by atomic mass is 10.4. The Labute approximate surface area is 66.7 Å². The predicted molar refractivity (Wildman–Crippen MR) is 42.8 cm³/mol. The Balaban J connectivity index is 2.83. The quantitative estimate of drug-likeness (QED) is 0.583. The molecule has 0 fully saturated rings. The van der Waals surface area contributed by atoms with Gasteiger partial charge in [0.25, 0.3) is 0 Å². The van der Waals surface area contributed by atoms with E-state index in [9.17, 15) is 4.79 Å². The van der Waals surface area contributed by atoms with Crippen LogP contribution < -0.4 is 4.87 Å². The smallest absolute Gasteiger partial charge is 0.263 e. The molecule has 2 aliphatic heterocycles. The lowest BCUT2D eigenvalue weighted by molar-refractivity contribution is 1.34. The third-order valence-corrected chi connectivity index (χ3v) is 2.08. The summed E-state index contributed by atoms with van der Waals surface area (Å²) >= 11 is 1.12. The minimum atomic E-state index is -0.159. The molecule has 2 heterocycles. The molecule has 0 unspecified atom stereocenters. The SMILES string of the molecule is O=c1nc2cccncc-2s1. The Kier molecular flexibility index (Phi) is 1.40. The number of rotatable bonds is 0. The molecule has 0 aliphatic carbocycles. The average molecular weight is 164 g/mol. The van der Waals surface area contributed by atoms with E-state index in [2.05, 4.69) is 9.97 Å². The zero-order valence-electron chi connectivity index (χ0n) is 5.52. The summed E-state index contributed by atoms with van der Waals surface area (Å²) in [5.41, 5.74) is 0.720. The first kappa shape index (κ1) is 6.42. The summed E-state index contributed by atoms with van der Waals surface area (Å²) in [4.78, 5) is 19.1. The summed E-state index contributed by atoms with van der Waals surface area (Å²) in [5.74, 6) is 0. The first-order valence-electron chi connectivity index (χ1n) is 3.07. The summed E-state index contributed by atoms with van der Waals surface area (Å²) in [6, 6.07) is 3.54. The second kappa shape index (κ2) is 2.39. The van der Waals surface area contributed by atoms with Gasteiger partial charge in [0, 0.05) is 12.4 Å². The minimum absolute atomic E-state index is 0.159. The molecular weight excluding hydrogens is 160 g/mol. The fourth-order valence-corrected chi connectivity index (χ4v) is 1.49. The van der Waals surface area contributed by atoms with E-state index in [0.29, 0.717) is 0 Å². The van der Waals surface area contributed by atoms with Gasteiger partial charge in [-0.1, -0.05) is 11.3 Å². The molecule has 54 valence electrons. The van der Waals surface area contributed by atoms with Gasteiger partial charge in [0.05, 0.1) is 10.6 Å². The summed E-state index contributed by atoms with van der Waals surface area (Å²) in [6.07, 6.45) is 3.31. The van der Waals surface area contributed by atoms with Crippen molar-refractivity contribution in [2.45, 2.75) is 0 Å². The monoisotopic (exact) mass is 164 g/mol. The molecule has 0 bridgehead atoms. The number of aromatic nitrogens is 2. The Morgan fingerprint density at radius 1 is 1.45 bits per heavy atom. The van der Waals surface area contributed by atoms with Gasteiger partial charge in [-0.3, -0.25) is 9.78 Å². The number of thiazole rings is 1. The molecule has 0 N–H and O–H groups in total. The van der Waals surface area contributed by atoms with Gasteiger partial charge in [-0.05, 0) is 12.1 Å². The minimum Gasteiger partial charge on any atom is -0.263 e. The van der Waals surface area contributed by atoms with E-state index in [-0.39, 0.29) is 4.87 Å². The normalized spacial score (nSPS) is 10.2. The van der Waals surface area contributed by atoms with Crippen LogP contribution in [0.5, 0.6) is 0 Å². The largest absolute Gasteiger partial charge is 0.327 e. The van der Waals surface area contributed by atoms with Gasteiger partial charge in [0.1, 0.15) is 0 Å². The van der Waals surface area contributed by atoms with Crippen molar-refractivity contribution in [3.8, 4) is 10.6 Å². The van der Waals surface area contributed by atoms with E-state index in [1.807, 2.05) is 0 Å². The third kappa shape index (κ3) is 1.12. The average Bonchev–Trinajstić information content (AvgIpc) is 2.17. The van der Waals surface area contributed by atoms with Crippen LogP contribution in [-0.4, -0.2) is 9.97 Å². The molecular formula is C7H4N2OS. The lowest BCUT2D eigenvalue weighted by Crippen LogP contribution is -1.89. The van der Waals surface area contributed by atoms with E-state index < -0.39 is 0 Å².